The lowest BCUT2D eigenvalue weighted by Crippen LogP contribution is -2.34. The predicted octanol–water partition coefficient (Wildman–Crippen LogP) is 4.51. The summed E-state index contributed by atoms with van der Waals surface area (Å²) in [6, 6.07) is 12.8. The maximum Gasteiger partial charge on any atom is 0.248 e. The molecule has 6 heteroatoms. The first-order valence-electron chi connectivity index (χ1n) is 13.0. The summed E-state index contributed by atoms with van der Waals surface area (Å²) >= 11 is 0. The summed E-state index contributed by atoms with van der Waals surface area (Å²) in [4.78, 5) is 20.1. The van der Waals surface area contributed by atoms with Crippen LogP contribution in [-0.2, 0) is 6.42 Å². The number of primary amides is 1. The fourth-order valence-electron chi connectivity index (χ4n) is 6.01. The number of nitrogens with one attached hydrogen (secondary N) is 1. The monoisotopic (exact) mass is 474 g/mol. The molecule has 1 aromatic heterocycles. The molecule has 3 aromatic rings. The van der Waals surface area contributed by atoms with Crippen LogP contribution in [0.15, 0.2) is 42.6 Å². The van der Waals surface area contributed by atoms with Crippen molar-refractivity contribution in [3.05, 3.63) is 64.8 Å². The number of carbonyl (C=O) groups is 1. The molecule has 0 radical (unpaired) electrons. The number of aromatic nitrogens is 1. The van der Waals surface area contributed by atoms with Crippen LogP contribution >= 0.6 is 0 Å². The zero-order valence-electron chi connectivity index (χ0n) is 21.1. The molecule has 2 aliphatic rings. The SMILES string of the molecule is COc1ccc(C2CCN(C)CC2)cc1CCN1CCC(c2cc(C(N)=O)cc3[nH]ccc23)CC1. The van der Waals surface area contributed by atoms with Crippen LogP contribution in [0, 0.1) is 0 Å². The number of piperidine rings is 2. The van der Waals surface area contributed by atoms with Crippen molar-refractivity contribution in [1.29, 1.82) is 0 Å². The Morgan fingerprint density at radius 1 is 1.03 bits per heavy atom. The smallest absolute Gasteiger partial charge is 0.248 e. The Kier molecular flexibility index (Phi) is 7.12. The maximum atomic E-state index is 11.9. The Balaban J connectivity index is 1.22. The minimum atomic E-state index is -0.364. The molecule has 1 amide bonds. The van der Waals surface area contributed by atoms with Gasteiger partial charge in [0.15, 0.2) is 0 Å². The number of hydrogen-bond donors (Lipinski definition) is 2. The summed E-state index contributed by atoms with van der Waals surface area (Å²) in [6.45, 7) is 5.53. The highest BCUT2D eigenvalue weighted by atomic mass is 16.5. The molecular weight excluding hydrogens is 436 g/mol. The van der Waals surface area contributed by atoms with Crippen LogP contribution in [0.5, 0.6) is 5.75 Å². The number of H-pyrrole nitrogens is 1. The minimum absolute atomic E-state index is 0.364. The summed E-state index contributed by atoms with van der Waals surface area (Å²) < 4.78 is 5.72. The van der Waals surface area contributed by atoms with Gasteiger partial charge in [0, 0.05) is 29.2 Å². The molecule has 2 aliphatic heterocycles. The number of aromatic amines is 1. The molecule has 0 atom stereocenters. The number of likely N-dealkylation sites (tertiary alicyclic amines) is 2. The third-order valence-electron chi connectivity index (χ3n) is 8.20. The van der Waals surface area contributed by atoms with E-state index in [4.69, 9.17) is 10.5 Å². The highest BCUT2D eigenvalue weighted by molar-refractivity contribution is 5.98. The number of benzene rings is 2. The Hall–Kier alpha value is -2.83. The van der Waals surface area contributed by atoms with Gasteiger partial charge in [0.2, 0.25) is 5.91 Å². The molecule has 6 nitrogen and oxygen atoms in total. The van der Waals surface area contributed by atoms with E-state index >= 15 is 0 Å². The van der Waals surface area contributed by atoms with E-state index in [1.807, 2.05) is 18.3 Å². The maximum absolute atomic E-state index is 11.9. The van der Waals surface area contributed by atoms with Crippen LogP contribution in [0.3, 0.4) is 0 Å². The van der Waals surface area contributed by atoms with Gasteiger partial charge >= 0.3 is 0 Å². The number of ether oxygens (including phenoxy) is 1. The number of rotatable bonds is 7. The third-order valence-corrected chi connectivity index (χ3v) is 8.20. The number of methoxy groups -OCH3 is 1. The van der Waals surface area contributed by atoms with E-state index in [9.17, 15) is 4.79 Å². The average molecular weight is 475 g/mol. The van der Waals surface area contributed by atoms with Gasteiger partial charge in [-0.15, -0.1) is 0 Å². The van der Waals surface area contributed by atoms with Crippen molar-refractivity contribution in [3.8, 4) is 5.75 Å². The molecule has 186 valence electrons. The van der Waals surface area contributed by atoms with E-state index in [2.05, 4.69) is 46.1 Å². The lowest BCUT2D eigenvalue weighted by Gasteiger charge is -2.33. The number of carbonyl (C=O) groups excluding carboxylic acids is 1. The second-order valence-electron chi connectivity index (χ2n) is 10.4. The minimum Gasteiger partial charge on any atom is -0.496 e. The van der Waals surface area contributed by atoms with Gasteiger partial charge in [-0.3, -0.25) is 4.79 Å². The van der Waals surface area contributed by atoms with Crippen LogP contribution in [0.4, 0.5) is 0 Å². The Morgan fingerprint density at radius 3 is 2.49 bits per heavy atom. The van der Waals surface area contributed by atoms with Crippen molar-refractivity contribution in [2.45, 2.75) is 43.9 Å². The summed E-state index contributed by atoms with van der Waals surface area (Å²) in [5, 5.41) is 1.21. The average Bonchev–Trinajstić information content (AvgIpc) is 3.36. The molecule has 0 saturated carbocycles. The quantitative estimate of drug-likeness (QED) is 0.529. The predicted molar refractivity (Wildman–Crippen MR) is 141 cm³/mol. The highest BCUT2D eigenvalue weighted by Crippen LogP contribution is 2.35. The molecule has 3 N–H and O–H groups in total. The zero-order valence-corrected chi connectivity index (χ0v) is 21.1. The normalized spacial score (nSPS) is 18.8. The van der Waals surface area contributed by atoms with Crippen LogP contribution in [0.25, 0.3) is 10.9 Å². The number of hydrogen-bond acceptors (Lipinski definition) is 4. The van der Waals surface area contributed by atoms with Gasteiger partial charge < -0.3 is 25.3 Å². The first-order chi connectivity index (χ1) is 17.0. The van der Waals surface area contributed by atoms with Crippen molar-refractivity contribution in [3.63, 3.8) is 0 Å². The summed E-state index contributed by atoms with van der Waals surface area (Å²) in [7, 11) is 4.00. The van der Waals surface area contributed by atoms with Gasteiger partial charge in [-0.25, -0.2) is 0 Å². The van der Waals surface area contributed by atoms with Gasteiger partial charge in [-0.2, -0.15) is 0 Å². The van der Waals surface area contributed by atoms with Crippen LogP contribution < -0.4 is 10.5 Å². The fourth-order valence-corrected chi connectivity index (χ4v) is 6.01. The summed E-state index contributed by atoms with van der Waals surface area (Å²) in [5.74, 6) is 1.76. The number of nitrogens with two attached hydrogens (primary N) is 1. The van der Waals surface area contributed by atoms with Crippen molar-refractivity contribution in [2.24, 2.45) is 5.73 Å². The number of amides is 1. The molecule has 35 heavy (non-hydrogen) atoms. The Labute approximate surface area is 208 Å². The fraction of sp³-hybridized carbons (Fsp3) is 0.483. The molecule has 2 saturated heterocycles. The molecule has 2 aromatic carbocycles. The van der Waals surface area contributed by atoms with E-state index in [0.29, 0.717) is 17.4 Å². The Morgan fingerprint density at radius 2 is 1.77 bits per heavy atom. The second-order valence-corrected chi connectivity index (χ2v) is 10.4. The van der Waals surface area contributed by atoms with Gasteiger partial charge in [-0.1, -0.05) is 12.1 Å². The molecule has 0 unspecified atom stereocenters. The lowest BCUT2D eigenvalue weighted by atomic mass is 9.86. The van der Waals surface area contributed by atoms with Gasteiger partial charge in [-0.05, 0) is 118 Å². The van der Waals surface area contributed by atoms with E-state index in [1.165, 1.54) is 48.0 Å². The van der Waals surface area contributed by atoms with Gasteiger partial charge in [0.05, 0.1) is 7.11 Å². The largest absolute Gasteiger partial charge is 0.496 e. The van der Waals surface area contributed by atoms with E-state index in [0.717, 1.165) is 50.2 Å². The zero-order chi connectivity index (χ0) is 24.4. The van der Waals surface area contributed by atoms with Crippen LogP contribution in [0.1, 0.15) is 64.6 Å². The molecule has 0 spiro atoms. The van der Waals surface area contributed by atoms with Crippen molar-refractivity contribution in [2.75, 3.05) is 46.9 Å². The highest BCUT2D eigenvalue weighted by Gasteiger charge is 2.24. The molecule has 0 aliphatic carbocycles. The lowest BCUT2D eigenvalue weighted by molar-refractivity contribution is 0.1000. The molecule has 0 bridgehead atoms. The van der Waals surface area contributed by atoms with E-state index < -0.39 is 0 Å². The first kappa shape index (κ1) is 23.9. The Bertz CT molecular complexity index is 1170. The van der Waals surface area contributed by atoms with Gasteiger partial charge in [0.25, 0.3) is 0 Å². The van der Waals surface area contributed by atoms with E-state index in [-0.39, 0.29) is 5.91 Å². The number of fused-ring (bicyclic) bond motifs is 1. The molecule has 2 fully saturated rings. The van der Waals surface area contributed by atoms with Crippen molar-refractivity contribution < 1.29 is 9.53 Å². The molecule has 3 heterocycles. The van der Waals surface area contributed by atoms with Gasteiger partial charge in [0.1, 0.15) is 5.75 Å². The van der Waals surface area contributed by atoms with Crippen molar-refractivity contribution >= 4 is 16.8 Å². The molecular formula is C29H38N4O2. The van der Waals surface area contributed by atoms with E-state index in [1.54, 1.807) is 7.11 Å². The molecule has 5 rings (SSSR count). The summed E-state index contributed by atoms with van der Waals surface area (Å²) in [5.41, 5.74) is 11.2. The first-order valence-corrected chi connectivity index (χ1v) is 13.0. The standard InChI is InChI=1S/C29H38N4O2/c1-32-12-6-20(7-13-32)22-3-4-28(35-2)23(17-22)10-16-33-14-8-21(9-15-33)26-18-24(29(30)34)19-27-25(26)5-11-31-27/h3-5,11,17-21,31H,6-10,12-16H2,1-2H3,(H2,30,34). The summed E-state index contributed by atoms with van der Waals surface area (Å²) in [6.07, 6.45) is 7.61. The van der Waals surface area contributed by atoms with Crippen LogP contribution in [0.2, 0.25) is 0 Å². The van der Waals surface area contributed by atoms with Crippen molar-refractivity contribution in [1.82, 2.24) is 14.8 Å². The second kappa shape index (κ2) is 10.4. The van der Waals surface area contributed by atoms with Crippen LogP contribution in [-0.4, -0.2) is 67.6 Å². The number of nitrogens with zero attached hydrogens (tertiary/aromatic N) is 2. The topological polar surface area (TPSA) is 74.6 Å². The third kappa shape index (κ3) is 5.24.